The standard InChI is InChI=1S/C26H31IN3O10P/c1-14(2)38-23(33)15(3)29-41(36,40-19-11-7-9-16-8-5-6-10-17(16)19)37-13-20-21(31)26(4,35)24(39-20)30-12-18(27)22(32)28-25(30)34/h5-12,14-15,20-21,24,31,35H,13H2,1-4H3,(H,29,36)(H,28,32,34)/t15-,20-,21-,24-,26-,41?/m1/s1. The average Bonchev–Trinajstić information content (AvgIpc) is 3.13. The summed E-state index contributed by atoms with van der Waals surface area (Å²) in [5, 5.41) is 26.0. The zero-order valence-corrected chi connectivity index (χ0v) is 25.7. The molecule has 0 spiro atoms. The van der Waals surface area contributed by atoms with Crippen molar-refractivity contribution in [3.8, 4) is 5.75 Å². The molecule has 0 bridgehead atoms. The van der Waals surface area contributed by atoms with Crippen molar-refractivity contribution in [3.05, 3.63) is 73.1 Å². The summed E-state index contributed by atoms with van der Waals surface area (Å²) in [6.45, 7) is 5.44. The van der Waals surface area contributed by atoms with Gasteiger partial charge >= 0.3 is 19.4 Å². The number of hydrogen-bond donors (Lipinski definition) is 4. The third kappa shape index (κ3) is 6.91. The maximum absolute atomic E-state index is 14.1. The molecule has 1 fully saturated rings. The van der Waals surface area contributed by atoms with Crippen molar-refractivity contribution in [1.82, 2.24) is 14.6 Å². The Balaban J connectivity index is 1.61. The molecule has 0 radical (unpaired) electrons. The molecule has 15 heteroatoms. The average molecular weight is 703 g/mol. The minimum atomic E-state index is -4.38. The number of benzene rings is 2. The molecule has 2 heterocycles. The van der Waals surface area contributed by atoms with E-state index in [0.717, 1.165) is 9.95 Å². The zero-order chi connectivity index (χ0) is 30.1. The van der Waals surface area contributed by atoms with Crippen LogP contribution < -0.4 is 20.9 Å². The number of carbonyl (C=O) groups excluding carboxylic acids is 1. The maximum Gasteiger partial charge on any atom is 0.459 e. The van der Waals surface area contributed by atoms with Gasteiger partial charge in [0.25, 0.3) is 5.56 Å². The molecule has 1 unspecified atom stereocenters. The minimum absolute atomic E-state index is 0.148. The van der Waals surface area contributed by atoms with Crippen LogP contribution in [-0.2, 0) is 23.4 Å². The molecule has 2 aromatic carbocycles. The third-order valence-electron chi connectivity index (χ3n) is 6.37. The van der Waals surface area contributed by atoms with Crippen molar-refractivity contribution in [2.75, 3.05) is 6.61 Å². The highest BCUT2D eigenvalue weighted by Crippen LogP contribution is 2.48. The molecule has 0 amide bonds. The van der Waals surface area contributed by atoms with E-state index in [1.165, 1.54) is 20.0 Å². The Morgan fingerprint density at radius 3 is 2.61 bits per heavy atom. The van der Waals surface area contributed by atoms with Crippen LogP contribution in [0.15, 0.2) is 58.3 Å². The van der Waals surface area contributed by atoms with Gasteiger partial charge in [0.2, 0.25) is 0 Å². The summed E-state index contributed by atoms with van der Waals surface area (Å²) in [7, 11) is -4.38. The Kier molecular flexibility index (Phi) is 9.43. The van der Waals surface area contributed by atoms with Gasteiger partial charge in [-0.25, -0.2) is 9.36 Å². The molecule has 1 aliphatic rings. The van der Waals surface area contributed by atoms with Crippen LogP contribution in [0.5, 0.6) is 5.75 Å². The molecule has 4 rings (SSSR count). The lowest BCUT2D eigenvalue weighted by Gasteiger charge is -2.27. The Hall–Kier alpha value is -2.59. The highest BCUT2D eigenvalue weighted by molar-refractivity contribution is 14.1. The predicted molar refractivity (Wildman–Crippen MR) is 157 cm³/mol. The normalized spacial score (nSPS) is 24.7. The van der Waals surface area contributed by atoms with Crippen molar-refractivity contribution in [2.24, 2.45) is 0 Å². The van der Waals surface area contributed by atoms with Crippen LogP contribution in [0.25, 0.3) is 10.8 Å². The number of aromatic amines is 1. The van der Waals surface area contributed by atoms with E-state index in [0.29, 0.717) is 5.39 Å². The number of halogens is 1. The monoisotopic (exact) mass is 703 g/mol. The van der Waals surface area contributed by atoms with E-state index in [2.05, 4.69) is 10.1 Å². The van der Waals surface area contributed by atoms with Crippen molar-refractivity contribution in [2.45, 2.75) is 63.9 Å². The van der Waals surface area contributed by atoms with Crippen molar-refractivity contribution in [1.29, 1.82) is 0 Å². The van der Waals surface area contributed by atoms with Crippen LogP contribution >= 0.6 is 30.3 Å². The van der Waals surface area contributed by atoms with E-state index in [9.17, 15) is 29.2 Å². The van der Waals surface area contributed by atoms with E-state index < -0.39 is 67.8 Å². The van der Waals surface area contributed by atoms with Crippen molar-refractivity contribution < 1.29 is 38.1 Å². The molecule has 0 saturated carbocycles. The smallest absolute Gasteiger partial charge is 0.459 e. The second-order valence-electron chi connectivity index (χ2n) is 10.0. The number of rotatable bonds is 10. The number of carbonyl (C=O) groups is 1. The van der Waals surface area contributed by atoms with Gasteiger partial charge in [0.15, 0.2) is 6.23 Å². The molecule has 13 nitrogen and oxygen atoms in total. The van der Waals surface area contributed by atoms with Crippen LogP contribution in [0, 0.1) is 3.57 Å². The van der Waals surface area contributed by atoms with Crippen molar-refractivity contribution in [3.63, 3.8) is 0 Å². The number of esters is 1. The van der Waals surface area contributed by atoms with Crippen LogP contribution in [0.2, 0.25) is 0 Å². The first-order valence-electron chi connectivity index (χ1n) is 12.7. The molecular weight excluding hydrogens is 672 g/mol. The van der Waals surface area contributed by atoms with Crippen LogP contribution in [0.1, 0.15) is 33.9 Å². The van der Waals surface area contributed by atoms with Crippen LogP contribution in [0.3, 0.4) is 0 Å². The summed E-state index contributed by atoms with van der Waals surface area (Å²) in [4.78, 5) is 38.9. The van der Waals surface area contributed by atoms with Gasteiger partial charge in [-0.3, -0.25) is 23.7 Å². The summed E-state index contributed by atoms with van der Waals surface area (Å²) in [6.07, 6.45) is -3.56. The Labute approximate surface area is 248 Å². The molecule has 1 aliphatic heterocycles. The first kappa shape index (κ1) is 31.3. The van der Waals surface area contributed by atoms with Gasteiger partial charge in [-0.1, -0.05) is 36.4 Å². The van der Waals surface area contributed by atoms with Gasteiger partial charge in [-0.05, 0) is 61.7 Å². The van der Waals surface area contributed by atoms with E-state index in [1.54, 1.807) is 60.7 Å². The van der Waals surface area contributed by atoms with Gasteiger partial charge in [-0.2, -0.15) is 5.09 Å². The first-order valence-corrected chi connectivity index (χ1v) is 15.3. The molecule has 1 aromatic heterocycles. The largest absolute Gasteiger partial charge is 0.462 e. The number of aliphatic hydroxyl groups excluding tert-OH is 1. The minimum Gasteiger partial charge on any atom is -0.462 e. The number of nitrogens with zero attached hydrogens (tertiary/aromatic N) is 1. The number of fused-ring (bicyclic) bond motifs is 1. The Morgan fingerprint density at radius 1 is 1.22 bits per heavy atom. The fourth-order valence-electron chi connectivity index (χ4n) is 4.30. The van der Waals surface area contributed by atoms with E-state index in [4.69, 9.17) is 18.5 Å². The number of nitrogens with one attached hydrogen (secondary N) is 2. The van der Waals surface area contributed by atoms with Gasteiger partial charge < -0.3 is 24.2 Å². The van der Waals surface area contributed by atoms with Crippen LogP contribution in [-0.4, -0.2) is 62.3 Å². The third-order valence-corrected chi connectivity index (χ3v) is 8.76. The van der Waals surface area contributed by atoms with E-state index in [1.807, 2.05) is 18.2 Å². The lowest BCUT2D eigenvalue weighted by molar-refractivity contribution is -0.149. The zero-order valence-electron chi connectivity index (χ0n) is 22.6. The molecule has 222 valence electrons. The Bertz CT molecular complexity index is 1580. The number of hydrogen-bond acceptors (Lipinski definition) is 10. The van der Waals surface area contributed by atoms with E-state index in [-0.39, 0.29) is 9.32 Å². The quantitative estimate of drug-likeness (QED) is 0.139. The molecule has 1 saturated heterocycles. The van der Waals surface area contributed by atoms with Gasteiger partial charge in [0, 0.05) is 11.6 Å². The fourth-order valence-corrected chi connectivity index (χ4v) is 6.26. The molecular formula is C26H31IN3O10P. The molecule has 0 aliphatic carbocycles. The molecule has 6 atom stereocenters. The summed E-state index contributed by atoms with van der Waals surface area (Å²) in [5.41, 5.74) is -3.49. The summed E-state index contributed by atoms with van der Waals surface area (Å²) in [5.74, 6) is -0.493. The lowest BCUT2D eigenvalue weighted by atomic mass is 9.96. The number of H-pyrrole nitrogens is 1. The summed E-state index contributed by atoms with van der Waals surface area (Å²) < 4.78 is 37.7. The number of ether oxygens (including phenoxy) is 2. The first-order chi connectivity index (χ1) is 19.2. The summed E-state index contributed by atoms with van der Waals surface area (Å²) >= 11 is 1.71. The number of aliphatic hydroxyl groups is 2. The highest BCUT2D eigenvalue weighted by atomic mass is 127. The highest BCUT2D eigenvalue weighted by Gasteiger charge is 2.54. The second kappa shape index (κ2) is 12.3. The lowest BCUT2D eigenvalue weighted by Crippen LogP contribution is -2.47. The van der Waals surface area contributed by atoms with Crippen molar-refractivity contribution >= 4 is 47.1 Å². The van der Waals surface area contributed by atoms with Gasteiger partial charge in [0.05, 0.1) is 16.3 Å². The molecule has 4 N–H and O–H groups in total. The maximum atomic E-state index is 14.1. The Morgan fingerprint density at radius 2 is 1.90 bits per heavy atom. The van der Waals surface area contributed by atoms with E-state index >= 15 is 0 Å². The topological polar surface area (TPSA) is 178 Å². The summed E-state index contributed by atoms with van der Waals surface area (Å²) in [6, 6.07) is 11.2. The second-order valence-corrected chi connectivity index (χ2v) is 12.9. The molecule has 3 aromatic rings. The number of aromatic nitrogens is 2. The van der Waals surface area contributed by atoms with Gasteiger partial charge in [0.1, 0.15) is 29.6 Å². The SMILES string of the molecule is CC(C)OC(=O)[C@@H](C)NP(=O)(OC[C@H]1O[C@@H](n2cc(I)c(=O)[nH]c2=O)[C@](C)(O)[C@@H]1O)Oc1cccc2ccccc12. The van der Waals surface area contributed by atoms with Gasteiger partial charge in [-0.15, -0.1) is 0 Å². The van der Waals surface area contributed by atoms with Crippen LogP contribution in [0.4, 0.5) is 0 Å². The fraction of sp³-hybridized carbons (Fsp3) is 0.423. The predicted octanol–water partition coefficient (Wildman–Crippen LogP) is 2.44. The molecule has 41 heavy (non-hydrogen) atoms.